The lowest BCUT2D eigenvalue weighted by Gasteiger charge is -2.26. The molecular formula is C21H26BrFN2O2. The average molecular weight is 437 g/mol. The molecule has 0 aliphatic carbocycles. The minimum atomic E-state index is -0.239. The highest BCUT2D eigenvalue weighted by Gasteiger charge is 2.10. The summed E-state index contributed by atoms with van der Waals surface area (Å²) >= 11 is 3.52. The van der Waals surface area contributed by atoms with E-state index in [1.807, 2.05) is 24.3 Å². The van der Waals surface area contributed by atoms with Crippen molar-refractivity contribution < 1.29 is 13.9 Å². The Kier molecular flexibility index (Phi) is 8.08. The molecule has 1 aliphatic rings. The highest BCUT2D eigenvalue weighted by Crippen LogP contribution is 2.24. The summed E-state index contributed by atoms with van der Waals surface area (Å²) in [5, 5.41) is 3.49. The molecule has 1 fully saturated rings. The number of halogens is 2. The quantitative estimate of drug-likeness (QED) is 0.602. The molecule has 0 amide bonds. The van der Waals surface area contributed by atoms with Gasteiger partial charge in [0, 0.05) is 35.2 Å². The molecule has 1 heterocycles. The van der Waals surface area contributed by atoms with Crippen LogP contribution in [0.1, 0.15) is 17.5 Å². The van der Waals surface area contributed by atoms with Gasteiger partial charge in [-0.25, -0.2) is 4.39 Å². The van der Waals surface area contributed by atoms with Gasteiger partial charge in [0.05, 0.1) is 13.2 Å². The van der Waals surface area contributed by atoms with E-state index >= 15 is 0 Å². The van der Waals surface area contributed by atoms with Crippen LogP contribution in [0.5, 0.6) is 5.75 Å². The monoisotopic (exact) mass is 436 g/mol. The number of benzene rings is 2. The van der Waals surface area contributed by atoms with Crippen molar-refractivity contribution in [2.24, 2.45) is 0 Å². The number of ether oxygens (including phenoxy) is 2. The van der Waals surface area contributed by atoms with Gasteiger partial charge in [0.2, 0.25) is 0 Å². The largest absolute Gasteiger partial charge is 0.488 e. The molecule has 0 spiro atoms. The molecule has 0 saturated carbocycles. The van der Waals surface area contributed by atoms with Crippen LogP contribution in [0.25, 0.3) is 0 Å². The van der Waals surface area contributed by atoms with Crippen LogP contribution in [0.3, 0.4) is 0 Å². The predicted molar refractivity (Wildman–Crippen MR) is 108 cm³/mol. The molecular weight excluding hydrogens is 411 g/mol. The van der Waals surface area contributed by atoms with Crippen molar-refractivity contribution in [1.82, 2.24) is 10.2 Å². The van der Waals surface area contributed by atoms with E-state index in [0.717, 1.165) is 68.1 Å². The van der Waals surface area contributed by atoms with Crippen molar-refractivity contribution in [2.45, 2.75) is 19.6 Å². The molecule has 2 aromatic rings. The predicted octanol–water partition coefficient (Wildman–Crippen LogP) is 3.98. The van der Waals surface area contributed by atoms with Crippen LogP contribution in [-0.4, -0.2) is 44.3 Å². The first-order valence-electron chi connectivity index (χ1n) is 9.38. The average Bonchev–Trinajstić information content (AvgIpc) is 2.69. The van der Waals surface area contributed by atoms with Crippen LogP contribution >= 0.6 is 15.9 Å². The Morgan fingerprint density at radius 3 is 2.74 bits per heavy atom. The second-order valence-electron chi connectivity index (χ2n) is 6.62. The fraction of sp³-hybridized carbons (Fsp3) is 0.429. The van der Waals surface area contributed by atoms with Crippen molar-refractivity contribution in [2.75, 3.05) is 39.4 Å². The molecule has 146 valence electrons. The lowest BCUT2D eigenvalue weighted by molar-refractivity contribution is 0.0374. The summed E-state index contributed by atoms with van der Waals surface area (Å²) in [5.41, 5.74) is 1.62. The van der Waals surface area contributed by atoms with E-state index in [1.165, 1.54) is 6.07 Å². The summed E-state index contributed by atoms with van der Waals surface area (Å²) in [7, 11) is 0. The molecule has 4 nitrogen and oxygen atoms in total. The van der Waals surface area contributed by atoms with Crippen LogP contribution in [0, 0.1) is 5.82 Å². The summed E-state index contributed by atoms with van der Waals surface area (Å²) in [4.78, 5) is 2.44. The van der Waals surface area contributed by atoms with E-state index in [1.54, 1.807) is 12.1 Å². The number of hydrogen-bond donors (Lipinski definition) is 1. The topological polar surface area (TPSA) is 33.7 Å². The molecule has 0 atom stereocenters. The summed E-state index contributed by atoms with van der Waals surface area (Å²) in [6.45, 7) is 6.71. The van der Waals surface area contributed by atoms with Gasteiger partial charge >= 0.3 is 0 Å². The Balaban J connectivity index is 1.47. The number of rotatable bonds is 9. The molecule has 1 N–H and O–H groups in total. The molecule has 0 aromatic heterocycles. The maximum Gasteiger partial charge on any atom is 0.129 e. The molecule has 27 heavy (non-hydrogen) atoms. The molecule has 2 aromatic carbocycles. The number of hydrogen-bond acceptors (Lipinski definition) is 4. The first-order chi connectivity index (χ1) is 13.2. The highest BCUT2D eigenvalue weighted by atomic mass is 79.9. The van der Waals surface area contributed by atoms with Crippen molar-refractivity contribution in [3.63, 3.8) is 0 Å². The van der Waals surface area contributed by atoms with Crippen LogP contribution in [0.15, 0.2) is 46.9 Å². The first kappa shape index (κ1) is 20.3. The van der Waals surface area contributed by atoms with Crippen LogP contribution in [0.2, 0.25) is 0 Å². The third-order valence-electron chi connectivity index (χ3n) is 4.61. The van der Waals surface area contributed by atoms with Crippen molar-refractivity contribution in [1.29, 1.82) is 0 Å². The molecule has 0 radical (unpaired) electrons. The lowest BCUT2D eigenvalue weighted by atomic mass is 10.2. The maximum atomic E-state index is 13.8. The van der Waals surface area contributed by atoms with Gasteiger partial charge in [-0.05, 0) is 43.8 Å². The Hall–Kier alpha value is -1.47. The van der Waals surface area contributed by atoms with Crippen molar-refractivity contribution >= 4 is 15.9 Å². The third-order valence-corrected chi connectivity index (χ3v) is 5.10. The standard InChI is InChI=1S/C21H26BrFN2O2/c22-19-6-7-21(27-16-17-4-1-2-5-20(17)23)18(14-19)15-24-8-3-9-25-10-12-26-13-11-25/h1-2,4-7,14,24H,3,8-13,15-16H2. The Morgan fingerprint density at radius 2 is 1.93 bits per heavy atom. The van der Waals surface area contributed by atoms with E-state index in [0.29, 0.717) is 5.56 Å². The van der Waals surface area contributed by atoms with Crippen LogP contribution in [-0.2, 0) is 17.9 Å². The molecule has 1 aliphatic heterocycles. The summed E-state index contributed by atoms with van der Waals surface area (Å²) in [6, 6.07) is 12.6. The lowest BCUT2D eigenvalue weighted by Crippen LogP contribution is -2.37. The second-order valence-corrected chi connectivity index (χ2v) is 7.53. The van der Waals surface area contributed by atoms with E-state index in [4.69, 9.17) is 9.47 Å². The Morgan fingerprint density at radius 1 is 1.11 bits per heavy atom. The molecule has 0 bridgehead atoms. The minimum Gasteiger partial charge on any atom is -0.488 e. The number of nitrogens with one attached hydrogen (secondary N) is 1. The Bertz CT molecular complexity index is 723. The van der Waals surface area contributed by atoms with Gasteiger partial charge in [0.15, 0.2) is 0 Å². The van der Waals surface area contributed by atoms with E-state index < -0.39 is 0 Å². The fourth-order valence-electron chi connectivity index (χ4n) is 3.07. The van der Waals surface area contributed by atoms with Gasteiger partial charge in [0.25, 0.3) is 0 Å². The zero-order valence-corrected chi connectivity index (χ0v) is 17.0. The van der Waals surface area contributed by atoms with Gasteiger partial charge in [-0.3, -0.25) is 4.90 Å². The third kappa shape index (κ3) is 6.57. The normalized spacial score (nSPS) is 15.0. The second kappa shape index (κ2) is 10.8. The minimum absolute atomic E-state index is 0.221. The molecule has 3 rings (SSSR count). The maximum absolute atomic E-state index is 13.8. The van der Waals surface area contributed by atoms with Crippen molar-refractivity contribution in [3.8, 4) is 5.75 Å². The number of morpholine rings is 1. The molecule has 0 unspecified atom stereocenters. The van der Waals surface area contributed by atoms with Gasteiger partial charge in [-0.15, -0.1) is 0 Å². The van der Waals surface area contributed by atoms with E-state index in [9.17, 15) is 4.39 Å². The number of nitrogens with zero attached hydrogens (tertiary/aromatic N) is 1. The first-order valence-corrected chi connectivity index (χ1v) is 10.2. The summed E-state index contributed by atoms with van der Waals surface area (Å²) in [6.07, 6.45) is 1.10. The fourth-order valence-corrected chi connectivity index (χ4v) is 3.48. The molecule has 6 heteroatoms. The Labute approximate surface area is 168 Å². The smallest absolute Gasteiger partial charge is 0.129 e. The van der Waals surface area contributed by atoms with Gasteiger partial charge in [-0.2, -0.15) is 0 Å². The molecule has 1 saturated heterocycles. The zero-order chi connectivity index (χ0) is 18.9. The zero-order valence-electron chi connectivity index (χ0n) is 15.4. The van der Waals surface area contributed by atoms with E-state index in [-0.39, 0.29) is 12.4 Å². The van der Waals surface area contributed by atoms with Gasteiger partial charge < -0.3 is 14.8 Å². The SMILES string of the molecule is Fc1ccccc1COc1ccc(Br)cc1CNCCCN1CCOCC1. The van der Waals surface area contributed by atoms with Crippen LogP contribution < -0.4 is 10.1 Å². The van der Waals surface area contributed by atoms with Gasteiger partial charge in [-0.1, -0.05) is 34.1 Å². The van der Waals surface area contributed by atoms with Gasteiger partial charge in [0.1, 0.15) is 18.2 Å². The summed E-state index contributed by atoms with van der Waals surface area (Å²) < 4.78 is 26.1. The van der Waals surface area contributed by atoms with E-state index in [2.05, 4.69) is 26.1 Å². The summed E-state index contributed by atoms with van der Waals surface area (Å²) in [5.74, 6) is 0.541. The van der Waals surface area contributed by atoms with Crippen LogP contribution in [0.4, 0.5) is 4.39 Å². The van der Waals surface area contributed by atoms with Crippen molar-refractivity contribution in [3.05, 3.63) is 63.9 Å². The highest BCUT2D eigenvalue weighted by molar-refractivity contribution is 9.10.